The van der Waals surface area contributed by atoms with Crippen molar-refractivity contribution in [2.75, 3.05) is 13.2 Å². The van der Waals surface area contributed by atoms with Crippen LogP contribution in [0.15, 0.2) is 36.9 Å². The van der Waals surface area contributed by atoms with Gasteiger partial charge in [-0.2, -0.15) is 0 Å². The number of alkyl carbamates (subject to hydrolysis) is 1. The lowest BCUT2D eigenvalue weighted by atomic mass is 9.96. The third-order valence-electron chi connectivity index (χ3n) is 10.9. The maximum Gasteiger partial charge on any atom is 0.410 e. The number of cyclic esters (lactones) is 1. The molecule has 1 aromatic rings. The molecule has 4 fully saturated rings. The molecule has 0 spiro atoms. The topological polar surface area (TPSA) is 181 Å². The van der Waals surface area contributed by atoms with Crippen molar-refractivity contribution in [3.05, 3.63) is 53.6 Å². The molecule has 268 valence electrons. The number of nitrogens with one attached hydrogen (secondary N) is 3. The number of amides is 5. The highest BCUT2D eigenvalue weighted by Gasteiger charge is 2.62. The van der Waals surface area contributed by atoms with Gasteiger partial charge in [0.15, 0.2) is 0 Å². The Labute approximate surface area is 291 Å². The maximum atomic E-state index is 14.4. The summed E-state index contributed by atoms with van der Waals surface area (Å²) < 4.78 is 38.8. The molecule has 0 radical (unpaired) electrons. The van der Waals surface area contributed by atoms with E-state index in [1.54, 1.807) is 4.90 Å². The van der Waals surface area contributed by atoms with Gasteiger partial charge in [-0.25, -0.2) is 18.0 Å². The van der Waals surface area contributed by atoms with Crippen LogP contribution in [0.5, 0.6) is 0 Å². The van der Waals surface area contributed by atoms with Gasteiger partial charge in [0.2, 0.25) is 21.8 Å². The minimum atomic E-state index is -3.90. The van der Waals surface area contributed by atoms with Crippen LogP contribution in [-0.2, 0) is 47.0 Å². The summed E-state index contributed by atoms with van der Waals surface area (Å²) in [6.07, 6.45) is 7.69. The Morgan fingerprint density at radius 2 is 1.86 bits per heavy atom. The van der Waals surface area contributed by atoms with Crippen LogP contribution in [0.2, 0.25) is 0 Å². The summed E-state index contributed by atoms with van der Waals surface area (Å²) in [5.74, 6) is -2.78. The molecule has 3 saturated carbocycles. The average molecular weight is 710 g/mol. The van der Waals surface area contributed by atoms with E-state index in [1.807, 2.05) is 30.4 Å². The van der Waals surface area contributed by atoms with Gasteiger partial charge in [0.1, 0.15) is 23.7 Å². The number of carbonyl (C=O) groups excluding carboxylic acids is 5. The Bertz CT molecular complexity index is 1740. The van der Waals surface area contributed by atoms with Gasteiger partial charge in [-0.05, 0) is 61.1 Å². The largest absolute Gasteiger partial charge is 0.449 e. The highest BCUT2D eigenvalue weighted by atomic mass is 32.2. The van der Waals surface area contributed by atoms with Crippen LogP contribution in [0.3, 0.4) is 0 Å². The molecule has 50 heavy (non-hydrogen) atoms. The standard InChI is InChI=1S/C35H43N5O9S/c1-2-24-17-35(24,32(43)38-50(46,47)26-13-14-26)37-30(41)28-16-25-19-40(28)31(42)29(22-9-3-4-10-22)36-33(44)48-15-6-5-8-21-11-7-12-23-18-39(20-27(21)23)34(45)49-25/h2,5,7-8,11-12,22,24-26,28-29H,1,3-4,6,9-10,13-20H2,(H,36,44)(H,37,41)(H,38,43)/b8-5+/t24-,25+,28-,29-,35+/m0/s1. The Morgan fingerprint density at radius 1 is 1.08 bits per heavy atom. The Kier molecular flexibility index (Phi) is 9.12. The summed E-state index contributed by atoms with van der Waals surface area (Å²) in [4.78, 5) is 71.4. The van der Waals surface area contributed by atoms with Gasteiger partial charge in [0.25, 0.3) is 5.91 Å². The van der Waals surface area contributed by atoms with Gasteiger partial charge >= 0.3 is 12.2 Å². The summed E-state index contributed by atoms with van der Waals surface area (Å²) in [7, 11) is -3.90. The monoisotopic (exact) mass is 709 g/mol. The number of hydrogen-bond donors (Lipinski definition) is 3. The summed E-state index contributed by atoms with van der Waals surface area (Å²) in [6, 6.07) is 3.65. The number of hydrogen-bond acceptors (Lipinski definition) is 9. The highest BCUT2D eigenvalue weighted by molar-refractivity contribution is 7.91. The first-order valence-electron chi connectivity index (χ1n) is 17.5. The molecule has 14 nitrogen and oxygen atoms in total. The molecule has 3 N–H and O–H groups in total. The predicted octanol–water partition coefficient (Wildman–Crippen LogP) is 2.48. The minimum absolute atomic E-state index is 0.0588. The van der Waals surface area contributed by atoms with Crippen LogP contribution in [0.4, 0.5) is 9.59 Å². The molecular formula is C35H43N5O9S. The minimum Gasteiger partial charge on any atom is -0.449 e. The molecule has 15 heteroatoms. The van der Waals surface area contributed by atoms with Crippen molar-refractivity contribution < 1.29 is 41.9 Å². The van der Waals surface area contributed by atoms with Crippen molar-refractivity contribution in [2.24, 2.45) is 11.8 Å². The second-order valence-corrected chi connectivity index (χ2v) is 16.2. The van der Waals surface area contributed by atoms with E-state index in [2.05, 4.69) is 21.9 Å². The van der Waals surface area contributed by atoms with Gasteiger partial charge in [0.05, 0.1) is 24.9 Å². The van der Waals surface area contributed by atoms with Gasteiger partial charge in [-0.15, -0.1) is 6.58 Å². The predicted molar refractivity (Wildman–Crippen MR) is 179 cm³/mol. The Hall–Kier alpha value is -4.40. The molecule has 0 aromatic heterocycles. The summed E-state index contributed by atoms with van der Waals surface area (Å²) in [5.41, 5.74) is 1.34. The molecule has 7 rings (SSSR count). The Morgan fingerprint density at radius 3 is 2.58 bits per heavy atom. The molecule has 4 bridgehead atoms. The van der Waals surface area contributed by atoms with Crippen LogP contribution < -0.4 is 15.4 Å². The second-order valence-electron chi connectivity index (χ2n) is 14.3. The van der Waals surface area contributed by atoms with E-state index >= 15 is 0 Å². The van der Waals surface area contributed by atoms with E-state index < -0.39 is 74.8 Å². The first-order chi connectivity index (χ1) is 24.0. The van der Waals surface area contributed by atoms with Crippen LogP contribution in [-0.4, -0.2) is 90.3 Å². The summed E-state index contributed by atoms with van der Waals surface area (Å²) in [5, 5.41) is 4.88. The van der Waals surface area contributed by atoms with Gasteiger partial charge < -0.3 is 25.0 Å². The molecule has 3 aliphatic heterocycles. The zero-order chi connectivity index (χ0) is 35.2. The van der Waals surface area contributed by atoms with Crippen LogP contribution in [0.1, 0.15) is 74.5 Å². The van der Waals surface area contributed by atoms with E-state index in [9.17, 15) is 32.4 Å². The lowest BCUT2D eigenvalue weighted by Gasteiger charge is -2.32. The maximum absolute atomic E-state index is 14.4. The quantitative estimate of drug-likeness (QED) is 0.359. The van der Waals surface area contributed by atoms with Crippen molar-refractivity contribution in [2.45, 2.75) is 99.9 Å². The number of carbonyl (C=O) groups is 5. The van der Waals surface area contributed by atoms with Crippen LogP contribution >= 0.6 is 0 Å². The fourth-order valence-corrected chi connectivity index (χ4v) is 9.16. The SMILES string of the molecule is C=C[C@H]1C[C@]1(NC(=O)[C@@H]1C[C@@H]2CN1C(=O)[C@H](C1CCCC1)NC(=O)OCC/C=C/c1cccc3c1CN(C3)C(=O)O2)C(=O)NS(=O)(=O)C1CC1. The number of fused-ring (bicyclic) bond motifs is 3. The normalized spacial score (nSPS) is 30.8. The van der Waals surface area contributed by atoms with E-state index in [0.717, 1.165) is 29.5 Å². The molecule has 3 aliphatic carbocycles. The van der Waals surface area contributed by atoms with E-state index in [1.165, 1.54) is 11.0 Å². The molecule has 3 heterocycles. The van der Waals surface area contributed by atoms with E-state index in [0.29, 0.717) is 45.2 Å². The van der Waals surface area contributed by atoms with Crippen molar-refractivity contribution in [1.82, 2.24) is 25.2 Å². The number of sulfonamides is 1. The fraction of sp³-hybridized carbons (Fsp3) is 0.571. The lowest BCUT2D eigenvalue weighted by Crippen LogP contribution is -2.59. The first-order valence-corrected chi connectivity index (χ1v) is 19.0. The molecule has 1 saturated heterocycles. The van der Waals surface area contributed by atoms with Crippen LogP contribution in [0.25, 0.3) is 6.08 Å². The second kappa shape index (κ2) is 13.4. The number of rotatable bonds is 7. The van der Waals surface area contributed by atoms with Gasteiger partial charge in [0, 0.05) is 18.9 Å². The van der Waals surface area contributed by atoms with Gasteiger partial charge in [-0.1, -0.05) is 49.3 Å². The van der Waals surface area contributed by atoms with E-state index in [-0.39, 0.29) is 31.9 Å². The molecule has 1 aromatic carbocycles. The van der Waals surface area contributed by atoms with Crippen molar-refractivity contribution in [3.63, 3.8) is 0 Å². The van der Waals surface area contributed by atoms with Crippen molar-refractivity contribution >= 4 is 46.0 Å². The zero-order valence-corrected chi connectivity index (χ0v) is 28.6. The van der Waals surface area contributed by atoms with Crippen molar-refractivity contribution in [3.8, 4) is 0 Å². The van der Waals surface area contributed by atoms with Crippen LogP contribution in [0, 0.1) is 11.8 Å². The lowest BCUT2D eigenvalue weighted by molar-refractivity contribution is -0.142. The molecule has 0 unspecified atom stereocenters. The molecule has 6 aliphatic rings. The molecule has 5 amide bonds. The fourth-order valence-electron chi connectivity index (χ4n) is 7.79. The Balaban J connectivity index is 1.16. The summed E-state index contributed by atoms with van der Waals surface area (Å²) in [6.45, 7) is 4.38. The zero-order valence-electron chi connectivity index (χ0n) is 27.8. The third-order valence-corrected chi connectivity index (χ3v) is 12.7. The van der Waals surface area contributed by atoms with E-state index in [4.69, 9.17) is 9.47 Å². The number of ether oxygens (including phenoxy) is 2. The molecule has 5 atom stereocenters. The van der Waals surface area contributed by atoms with Gasteiger partial charge in [-0.3, -0.25) is 24.0 Å². The summed E-state index contributed by atoms with van der Waals surface area (Å²) >= 11 is 0. The number of benzene rings is 1. The van der Waals surface area contributed by atoms with Crippen molar-refractivity contribution in [1.29, 1.82) is 0 Å². The first kappa shape index (κ1) is 34.1. The number of nitrogens with zero attached hydrogens (tertiary/aromatic N) is 2. The molecular weight excluding hydrogens is 666 g/mol. The smallest absolute Gasteiger partial charge is 0.410 e. The average Bonchev–Trinajstić information content (AvgIpc) is 3.86. The highest BCUT2D eigenvalue weighted by Crippen LogP contribution is 2.45. The third kappa shape index (κ3) is 6.71.